The maximum Gasteiger partial charge on any atom is 0.355 e. The van der Waals surface area contributed by atoms with Crippen LogP contribution in [0.5, 0.6) is 0 Å². The molecule has 4 N–H and O–H groups in total. The molecule has 0 saturated carbocycles. The summed E-state index contributed by atoms with van der Waals surface area (Å²) in [5.41, 5.74) is 10.2. The predicted molar refractivity (Wildman–Crippen MR) is 87.0 cm³/mol. The van der Waals surface area contributed by atoms with Gasteiger partial charge in [0.25, 0.3) is 5.72 Å². The molecule has 0 saturated heterocycles. The van der Waals surface area contributed by atoms with Gasteiger partial charge in [-0.2, -0.15) is 0 Å². The number of amidine groups is 2. The maximum absolute atomic E-state index is 12.3. The molecule has 12 heteroatoms. The lowest BCUT2D eigenvalue weighted by Crippen LogP contribution is -2.57. The fourth-order valence-electron chi connectivity index (χ4n) is 2.23. The number of fused-ring (bicyclic) bond motifs is 1. The fraction of sp³-hybridized carbons (Fsp3) is 0.417. The molecule has 0 fully saturated rings. The van der Waals surface area contributed by atoms with Crippen LogP contribution in [-0.2, 0) is 18.3 Å². The van der Waals surface area contributed by atoms with Gasteiger partial charge in [0.2, 0.25) is 5.88 Å². The van der Waals surface area contributed by atoms with E-state index in [1.54, 1.807) is 12.1 Å². The molecule has 0 amide bonds. The van der Waals surface area contributed by atoms with Crippen LogP contribution in [0.4, 0.5) is 5.88 Å². The number of hydrogen-bond donors (Lipinski definition) is 2. The Hall–Kier alpha value is -2.04. The molecular formula is C12H17N6O5P. The Morgan fingerprint density at radius 3 is 2.79 bits per heavy atom. The molecule has 24 heavy (non-hydrogen) atoms. The third-order valence-electron chi connectivity index (χ3n) is 3.49. The largest absolute Gasteiger partial charge is 0.448 e. The number of ether oxygens (including phenoxy) is 1. The molecule has 0 radical (unpaired) electrons. The Labute approximate surface area is 137 Å². The topological polar surface area (TPSA) is 150 Å². The van der Waals surface area contributed by atoms with Gasteiger partial charge in [-0.1, -0.05) is 0 Å². The Kier molecular flexibility index (Phi) is 4.28. The van der Waals surface area contributed by atoms with E-state index < -0.39 is 26.0 Å². The van der Waals surface area contributed by atoms with Crippen LogP contribution in [0.15, 0.2) is 37.8 Å². The second-order valence-electron chi connectivity index (χ2n) is 4.84. The number of rotatable bonds is 6. The minimum atomic E-state index is -3.46. The summed E-state index contributed by atoms with van der Waals surface area (Å²) < 4.78 is 33.0. The molecule has 2 aliphatic heterocycles. The number of nitrogens with two attached hydrogens (primary N) is 2. The van der Waals surface area contributed by atoms with Crippen molar-refractivity contribution in [2.45, 2.75) is 12.0 Å². The lowest BCUT2D eigenvalue weighted by atomic mass is 10.1. The SMILES string of the molecule is COP(=O)(COC12N=CN(c3ccco3)C1=NC(N)N=C2N)OC. The first-order chi connectivity index (χ1) is 11.4. The summed E-state index contributed by atoms with van der Waals surface area (Å²) in [6.45, 7) is 0. The molecule has 3 rings (SSSR count). The van der Waals surface area contributed by atoms with Crippen LogP contribution in [-0.4, -0.2) is 50.6 Å². The molecule has 11 nitrogen and oxygen atoms in total. The lowest BCUT2D eigenvalue weighted by molar-refractivity contribution is 0.0791. The Morgan fingerprint density at radius 2 is 2.17 bits per heavy atom. The molecule has 1 aromatic rings. The Morgan fingerprint density at radius 1 is 1.42 bits per heavy atom. The molecule has 2 unspecified atom stereocenters. The van der Waals surface area contributed by atoms with Crippen molar-refractivity contribution in [2.75, 3.05) is 25.5 Å². The molecule has 130 valence electrons. The van der Waals surface area contributed by atoms with Crippen molar-refractivity contribution in [3.63, 3.8) is 0 Å². The molecule has 2 atom stereocenters. The molecule has 2 aliphatic rings. The van der Waals surface area contributed by atoms with Gasteiger partial charge in [-0.3, -0.25) is 15.2 Å². The van der Waals surface area contributed by atoms with E-state index in [0.29, 0.717) is 5.88 Å². The number of nitrogens with zero attached hydrogens (tertiary/aromatic N) is 4. The minimum absolute atomic E-state index is 0.0240. The standard InChI is InChI=1S/C12H17N6O5P/c1-20-24(19,21-2)7-23-12-9(13)16-11(14)17-10(12)18(6-15-12)8-4-3-5-22-8/h3-6,11H,7,14H2,1-2H3,(H2,13,16). The van der Waals surface area contributed by atoms with Crippen molar-refractivity contribution in [2.24, 2.45) is 26.4 Å². The third-order valence-corrected chi connectivity index (χ3v) is 5.05. The lowest BCUT2D eigenvalue weighted by Gasteiger charge is -2.32. The van der Waals surface area contributed by atoms with E-state index >= 15 is 0 Å². The number of aliphatic imine (C=N–C) groups is 3. The van der Waals surface area contributed by atoms with Gasteiger partial charge in [0.1, 0.15) is 6.34 Å². The first-order valence-electron chi connectivity index (χ1n) is 6.84. The van der Waals surface area contributed by atoms with Gasteiger partial charge in [-0.15, -0.1) is 0 Å². The molecule has 0 spiro atoms. The first kappa shape index (κ1) is 16.8. The summed E-state index contributed by atoms with van der Waals surface area (Å²) in [4.78, 5) is 14.0. The fourth-order valence-corrected chi connectivity index (χ4v) is 2.93. The van der Waals surface area contributed by atoms with Crippen molar-refractivity contribution in [3.8, 4) is 0 Å². The van der Waals surface area contributed by atoms with E-state index in [4.69, 9.17) is 29.7 Å². The average Bonchev–Trinajstić information content (AvgIpc) is 3.21. The summed E-state index contributed by atoms with van der Waals surface area (Å²) >= 11 is 0. The van der Waals surface area contributed by atoms with E-state index in [9.17, 15) is 4.57 Å². The molecule has 0 aliphatic carbocycles. The van der Waals surface area contributed by atoms with Gasteiger partial charge >= 0.3 is 7.60 Å². The van der Waals surface area contributed by atoms with Crippen LogP contribution in [0, 0.1) is 0 Å². The summed E-state index contributed by atoms with van der Waals surface area (Å²) in [5, 5.41) is 0. The summed E-state index contributed by atoms with van der Waals surface area (Å²) in [6, 6.07) is 3.40. The number of hydrogen-bond acceptors (Lipinski definition) is 11. The molecule has 0 bridgehead atoms. The van der Waals surface area contributed by atoms with Crippen LogP contribution in [0.3, 0.4) is 0 Å². The van der Waals surface area contributed by atoms with Gasteiger partial charge in [-0.25, -0.2) is 15.0 Å². The van der Waals surface area contributed by atoms with E-state index in [1.807, 2.05) is 0 Å². The van der Waals surface area contributed by atoms with Crippen LogP contribution in [0.2, 0.25) is 0 Å². The van der Waals surface area contributed by atoms with Crippen LogP contribution < -0.4 is 16.4 Å². The van der Waals surface area contributed by atoms with Crippen molar-refractivity contribution >= 4 is 31.5 Å². The van der Waals surface area contributed by atoms with Crippen molar-refractivity contribution < 1.29 is 22.8 Å². The smallest absolute Gasteiger partial charge is 0.355 e. The zero-order valence-corrected chi connectivity index (χ0v) is 13.9. The highest BCUT2D eigenvalue weighted by Gasteiger charge is 2.52. The highest BCUT2D eigenvalue weighted by molar-refractivity contribution is 7.53. The zero-order valence-electron chi connectivity index (χ0n) is 13.0. The third kappa shape index (κ3) is 2.66. The van der Waals surface area contributed by atoms with Crippen molar-refractivity contribution in [3.05, 3.63) is 18.4 Å². The van der Waals surface area contributed by atoms with E-state index in [0.717, 1.165) is 0 Å². The van der Waals surface area contributed by atoms with Crippen molar-refractivity contribution in [1.29, 1.82) is 0 Å². The van der Waals surface area contributed by atoms with Crippen LogP contribution in [0.1, 0.15) is 0 Å². The highest BCUT2D eigenvalue weighted by Crippen LogP contribution is 2.48. The van der Waals surface area contributed by atoms with Crippen molar-refractivity contribution in [1.82, 2.24) is 0 Å². The van der Waals surface area contributed by atoms with E-state index in [1.165, 1.54) is 31.7 Å². The van der Waals surface area contributed by atoms with Gasteiger partial charge in [0, 0.05) is 20.3 Å². The minimum Gasteiger partial charge on any atom is -0.448 e. The molecule has 0 aromatic carbocycles. The first-order valence-corrected chi connectivity index (χ1v) is 8.57. The molecular weight excluding hydrogens is 339 g/mol. The Balaban J connectivity index is 1.95. The summed E-state index contributed by atoms with van der Waals surface area (Å²) in [7, 11) is -0.955. The Bertz CT molecular complexity index is 739. The van der Waals surface area contributed by atoms with E-state index in [2.05, 4.69) is 15.0 Å². The second kappa shape index (κ2) is 6.11. The average molecular weight is 356 g/mol. The summed E-state index contributed by atoms with van der Waals surface area (Å²) in [5.74, 6) is 0.659. The normalized spacial score (nSPS) is 26.3. The number of furan rings is 1. The van der Waals surface area contributed by atoms with Gasteiger partial charge < -0.3 is 23.9 Å². The predicted octanol–water partition coefficient (Wildman–Crippen LogP) is 0.296. The van der Waals surface area contributed by atoms with Crippen LogP contribution >= 0.6 is 7.60 Å². The summed E-state index contributed by atoms with van der Waals surface area (Å²) in [6.07, 6.45) is 1.60. The number of anilines is 1. The maximum atomic E-state index is 12.3. The highest BCUT2D eigenvalue weighted by atomic mass is 31.2. The zero-order chi connectivity index (χ0) is 17.4. The quantitative estimate of drug-likeness (QED) is 0.691. The van der Waals surface area contributed by atoms with Crippen LogP contribution in [0.25, 0.3) is 0 Å². The van der Waals surface area contributed by atoms with Gasteiger partial charge in [-0.05, 0) is 6.07 Å². The van der Waals surface area contributed by atoms with Gasteiger partial charge in [0.15, 0.2) is 24.3 Å². The monoisotopic (exact) mass is 356 g/mol. The molecule has 3 heterocycles. The second-order valence-corrected chi connectivity index (χ2v) is 7.05. The molecule has 1 aromatic heterocycles. The van der Waals surface area contributed by atoms with E-state index in [-0.39, 0.29) is 11.7 Å². The van der Waals surface area contributed by atoms with Gasteiger partial charge in [0.05, 0.1) is 6.26 Å².